The molecular weight excluding hydrogens is 338 g/mol. The molecule has 1 aliphatic heterocycles. The Hall–Kier alpha value is -1.75. The Morgan fingerprint density at radius 3 is 2.32 bits per heavy atom. The first-order valence-corrected chi connectivity index (χ1v) is 9.05. The third-order valence-electron chi connectivity index (χ3n) is 4.68. The molecule has 2 aromatic rings. The number of ether oxygens (including phenoxy) is 1. The second-order valence-electron chi connectivity index (χ2n) is 6.59. The van der Waals surface area contributed by atoms with E-state index in [-0.39, 0.29) is 6.61 Å². The maximum atomic E-state index is 10.2. The van der Waals surface area contributed by atoms with E-state index in [0.29, 0.717) is 23.2 Å². The molecule has 0 aromatic heterocycles. The number of benzene rings is 2. The van der Waals surface area contributed by atoms with Crippen molar-refractivity contribution in [1.29, 1.82) is 0 Å². The van der Waals surface area contributed by atoms with E-state index in [1.54, 1.807) is 36.4 Å². The largest absolute Gasteiger partial charge is 0.508 e. The number of aromatic hydroxyl groups is 1. The molecule has 1 atom stereocenters. The Kier molecular flexibility index (Phi) is 6.19. The van der Waals surface area contributed by atoms with Gasteiger partial charge in [-0.2, -0.15) is 0 Å². The number of phenolic OH excluding ortho intramolecular Hbond substituents is 1. The first-order valence-electron chi connectivity index (χ1n) is 8.68. The third kappa shape index (κ3) is 5.36. The minimum absolute atomic E-state index is 0.277. The lowest BCUT2D eigenvalue weighted by Gasteiger charge is -2.33. The molecule has 5 heteroatoms. The Labute approximate surface area is 153 Å². The summed E-state index contributed by atoms with van der Waals surface area (Å²) in [5.74, 6) is 1.55. The molecule has 0 unspecified atom stereocenters. The summed E-state index contributed by atoms with van der Waals surface area (Å²) in [6.45, 7) is 2.82. The van der Waals surface area contributed by atoms with E-state index in [9.17, 15) is 10.2 Å². The number of halogens is 1. The predicted molar refractivity (Wildman–Crippen MR) is 99.5 cm³/mol. The first kappa shape index (κ1) is 18.1. The fourth-order valence-electron chi connectivity index (χ4n) is 3.27. The summed E-state index contributed by atoms with van der Waals surface area (Å²) in [5, 5.41) is 20.3. The van der Waals surface area contributed by atoms with E-state index in [1.165, 1.54) is 5.56 Å². The lowest BCUT2D eigenvalue weighted by Crippen LogP contribution is -2.40. The number of phenols is 1. The van der Waals surface area contributed by atoms with Gasteiger partial charge in [0, 0.05) is 11.6 Å². The van der Waals surface area contributed by atoms with Gasteiger partial charge in [0.2, 0.25) is 0 Å². The van der Waals surface area contributed by atoms with Crippen molar-refractivity contribution in [2.24, 2.45) is 0 Å². The molecule has 0 aliphatic carbocycles. The van der Waals surface area contributed by atoms with E-state index in [1.807, 2.05) is 12.1 Å². The van der Waals surface area contributed by atoms with Crippen molar-refractivity contribution in [3.8, 4) is 11.5 Å². The van der Waals surface area contributed by atoms with Crippen molar-refractivity contribution in [3.63, 3.8) is 0 Å². The molecule has 4 nitrogen and oxygen atoms in total. The molecule has 1 fully saturated rings. The Balaban J connectivity index is 1.40. The van der Waals surface area contributed by atoms with Gasteiger partial charge in [-0.3, -0.25) is 0 Å². The molecular formula is C20H24ClNO3. The van der Waals surface area contributed by atoms with Crippen molar-refractivity contribution in [1.82, 2.24) is 4.90 Å². The van der Waals surface area contributed by atoms with Gasteiger partial charge in [-0.25, -0.2) is 0 Å². The number of nitrogens with zero attached hydrogens (tertiary/aromatic N) is 1. The van der Waals surface area contributed by atoms with Crippen LogP contribution >= 0.6 is 11.6 Å². The molecule has 2 N–H and O–H groups in total. The molecule has 0 amide bonds. The van der Waals surface area contributed by atoms with Gasteiger partial charge in [0.05, 0.1) is 0 Å². The highest BCUT2D eigenvalue weighted by Crippen LogP contribution is 2.29. The Morgan fingerprint density at radius 2 is 1.68 bits per heavy atom. The molecule has 134 valence electrons. The van der Waals surface area contributed by atoms with Crippen LogP contribution in [-0.2, 0) is 0 Å². The normalized spacial score (nSPS) is 17.4. The maximum Gasteiger partial charge on any atom is 0.119 e. The van der Waals surface area contributed by atoms with E-state index in [2.05, 4.69) is 4.90 Å². The summed E-state index contributed by atoms with van der Waals surface area (Å²) in [4.78, 5) is 2.28. The number of hydrogen-bond acceptors (Lipinski definition) is 4. The molecule has 3 rings (SSSR count). The van der Waals surface area contributed by atoms with Crippen LogP contribution in [0.2, 0.25) is 5.02 Å². The number of hydrogen-bond donors (Lipinski definition) is 2. The zero-order valence-corrected chi connectivity index (χ0v) is 14.9. The quantitative estimate of drug-likeness (QED) is 0.824. The highest BCUT2D eigenvalue weighted by Gasteiger charge is 2.22. The molecule has 1 saturated heterocycles. The van der Waals surface area contributed by atoms with Crippen molar-refractivity contribution >= 4 is 11.6 Å². The average molecular weight is 362 g/mol. The summed E-state index contributed by atoms with van der Waals surface area (Å²) in [6, 6.07) is 14.7. The van der Waals surface area contributed by atoms with Crippen LogP contribution in [0, 0.1) is 0 Å². The van der Waals surface area contributed by atoms with Crippen LogP contribution in [0.4, 0.5) is 0 Å². The fraction of sp³-hybridized carbons (Fsp3) is 0.400. The zero-order valence-electron chi connectivity index (χ0n) is 14.1. The summed E-state index contributed by atoms with van der Waals surface area (Å²) >= 11 is 5.84. The third-order valence-corrected chi connectivity index (χ3v) is 4.93. The van der Waals surface area contributed by atoms with Gasteiger partial charge in [-0.1, -0.05) is 23.7 Å². The molecule has 0 saturated carbocycles. The molecule has 1 heterocycles. The van der Waals surface area contributed by atoms with E-state index in [0.717, 1.165) is 31.7 Å². The zero-order chi connectivity index (χ0) is 17.6. The average Bonchev–Trinajstić information content (AvgIpc) is 2.63. The Bertz CT molecular complexity index is 652. The SMILES string of the molecule is Oc1ccc(C2CCN(C[C@H](O)COc3ccc(Cl)cc3)CC2)cc1. The fourth-order valence-corrected chi connectivity index (χ4v) is 3.40. The summed E-state index contributed by atoms with van der Waals surface area (Å²) in [5.41, 5.74) is 1.28. The van der Waals surface area contributed by atoms with Crippen molar-refractivity contribution < 1.29 is 14.9 Å². The van der Waals surface area contributed by atoms with Gasteiger partial charge in [0.1, 0.15) is 24.2 Å². The molecule has 0 spiro atoms. The van der Waals surface area contributed by atoms with Gasteiger partial charge >= 0.3 is 0 Å². The van der Waals surface area contributed by atoms with Gasteiger partial charge in [0.25, 0.3) is 0 Å². The van der Waals surface area contributed by atoms with Crippen LogP contribution in [0.15, 0.2) is 48.5 Å². The molecule has 25 heavy (non-hydrogen) atoms. The van der Waals surface area contributed by atoms with Gasteiger partial charge in [-0.15, -0.1) is 0 Å². The topological polar surface area (TPSA) is 52.9 Å². The van der Waals surface area contributed by atoms with Gasteiger partial charge in [0.15, 0.2) is 0 Å². The molecule has 1 aliphatic rings. The van der Waals surface area contributed by atoms with Crippen LogP contribution in [0.5, 0.6) is 11.5 Å². The second-order valence-corrected chi connectivity index (χ2v) is 7.02. The van der Waals surface area contributed by atoms with Crippen LogP contribution in [-0.4, -0.2) is 47.5 Å². The lowest BCUT2D eigenvalue weighted by atomic mass is 9.89. The maximum absolute atomic E-state index is 10.2. The number of aliphatic hydroxyl groups excluding tert-OH is 1. The molecule has 0 radical (unpaired) electrons. The predicted octanol–water partition coefficient (Wildman–Crippen LogP) is 3.66. The van der Waals surface area contributed by atoms with Gasteiger partial charge in [-0.05, 0) is 73.8 Å². The van der Waals surface area contributed by atoms with Crippen molar-refractivity contribution in [2.75, 3.05) is 26.2 Å². The Morgan fingerprint density at radius 1 is 1.04 bits per heavy atom. The van der Waals surface area contributed by atoms with E-state index < -0.39 is 6.10 Å². The first-order chi connectivity index (χ1) is 12.1. The highest BCUT2D eigenvalue weighted by atomic mass is 35.5. The van der Waals surface area contributed by atoms with E-state index >= 15 is 0 Å². The van der Waals surface area contributed by atoms with Crippen LogP contribution < -0.4 is 4.74 Å². The standard InChI is InChI=1S/C20H24ClNO3/c21-17-3-7-20(8-4-17)25-14-19(24)13-22-11-9-16(10-12-22)15-1-5-18(23)6-2-15/h1-8,16,19,23-24H,9-14H2/t19-/m0/s1. The summed E-state index contributed by atoms with van der Waals surface area (Å²) < 4.78 is 5.61. The minimum Gasteiger partial charge on any atom is -0.508 e. The number of β-amino-alcohol motifs (C(OH)–C–C–N with tert-alkyl or cyclic N) is 1. The van der Waals surface area contributed by atoms with Crippen LogP contribution in [0.3, 0.4) is 0 Å². The molecule has 0 bridgehead atoms. The number of piperidine rings is 1. The minimum atomic E-state index is -0.513. The summed E-state index contributed by atoms with van der Waals surface area (Å²) in [6.07, 6.45) is 1.62. The number of rotatable bonds is 6. The van der Waals surface area contributed by atoms with Crippen molar-refractivity contribution in [3.05, 3.63) is 59.1 Å². The number of likely N-dealkylation sites (tertiary alicyclic amines) is 1. The van der Waals surface area contributed by atoms with E-state index in [4.69, 9.17) is 16.3 Å². The molecule has 2 aromatic carbocycles. The number of aliphatic hydroxyl groups is 1. The van der Waals surface area contributed by atoms with Gasteiger partial charge < -0.3 is 19.8 Å². The smallest absolute Gasteiger partial charge is 0.119 e. The second kappa shape index (κ2) is 8.56. The van der Waals surface area contributed by atoms with Crippen LogP contribution in [0.25, 0.3) is 0 Å². The van der Waals surface area contributed by atoms with Crippen LogP contribution in [0.1, 0.15) is 24.3 Å². The summed E-state index contributed by atoms with van der Waals surface area (Å²) in [7, 11) is 0. The highest BCUT2D eigenvalue weighted by molar-refractivity contribution is 6.30. The lowest BCUT2D eigenvalue weighted by molar-refractivity contribution is 0.0594. The monoisotopic (exact) mass is 361 g/mol. The van der Waals surface area contributed by atoms with Crippen molar-refractivity contribution in [2.45, 2.75) is 24.9 Å².